The summed E-state index contributed by atoms with van der Waals surface area (Å²) in [6.45, 7) is 0. The van der Waals surface area contributed by atoms with Crippen molar-refractivity contribution in [3.63, 3.8) is 0 Å². The van der Waals surface area contributed by atoms with Crippen LogP contribution in [-0.4, -0.2) is 30.1 Å². The van der Waals surface area contributed by atoms with Gasteiger partial charge in [-0.05, 0) is 5.56 Å². The summed E-state index contributed by atoms with van der Waals surface area (Å²) < 4.78 is 4.66. The monoisotopic (exact) mass is 347 g/mol. The third-order valence-electron chi connectivity index (χ3n) is 3.47. The minimum Gasteiger partial charge on any atom is -0.481 e. The number of benzene rings is 1. The number of carbonyl (C=O) groups is 3. The number of nitrogens with one attached hydrogen (secondary N) is 1. The second kappa shape index (κ2) is 8.26. The van der Waals surface area contributed by atoms with Gasteiger partial charge in [0.25, 0.3) is 0 Å². The number of carboxylic acid groups (broad SMARTS) is 1. The Morgan fingerprint density at radius 3 is 2.50 bits per heavy atom. The van der Waals surface area contributed by atoms with Crippen molar-refractivity contribution in [1.82, 2.24) is 0 Å². The highest BCUT2D eigenvalue weighted by atomic mass is 32.1. The summed E-state index contributed by atoms with van der Waals surface area (Å²) in [6.07, 6.45) is -0.141. The summed E-state index contributed by atoms with van der Waals surface area (Å²) in [5.41, 5.74) is 1.44. The van der Waals surface area contributed by atoms with E-state index >= 15 is 0 Å². The van der Waals surface area contributed by atoms with Crippen LogP contribution in [-0.2, 0) is 14.3 Å². The first-order valence-electron chi connectivity index (χ1n) is 7.22. The molecular formula is C17H17NO5S. The van der Waals surface area contributed by atoms with Crippen LogP contribution in [0.25, 0.3) is 0 Å². The molecule has 1 atom stereocenters. The smallest absolute Gasteiger partial charge is 0.340 e. The van der Waals surface area contributed by atoms with Gasteiger partial charge in [0.05, 0.1) is 24.8 Å². The van der Waals surface area contributed by atoms with Crippen LogP contribution in [0.15, 0.2) is 41.1 Å². The van der Waals surface area contributed by atoms with E-state index in [1.165, 1.54) is 18.4 Å². The number of aliphatic carboxylic acids is 1. The van der Waals surface area contributed by atoms with Gasteiger partial charge in [-0.2, -0.15) is 0 Å². The number of hydrogen-bond donors (Lipinski definition) is 2. The van der Waals surface area contributed by atoms with Gasteiger partial charge in [0.2, 0.25) is 5.91 Å². The average molecular weight is 347 g/mol. The van der Waals surface area contributed by atoms with Crippen LogP contribution in [0.3, 0.4) is 0 Å². The van der Waals surface area contributed by atoms with Crippen LogP contribution in [0.1, 0.15) is 34.7 Å². The highest BCUT2D eigenvalue weighted by Gasteiger charge is 2.21. The number of rotatable bonds is 7. The zero-order valence-corrected chi connectivity index (χ0v) is 13.8. The fourth-order valence-electron chi connectivity index (χ4n) is 2.33. The number of methoxy groups -OCH3 is 1. The van der Waals surface area contributed by atoms with Crippen molar-refractivity contribution in [2.75, 3.05) is 12.4 Å². The Kier molecular flexibility index (Phi) is 6.08. The first-order chi connectivity index (χ1) is 11.5. The van der Waals surface area contributed by atoms with Crippen molar-refractivity contribution < 1.29 is 24.2 Å². The number of anilines is 1. The van der Waals surface area contributed by atoms with Crippen LogP contribution in [0.4, 0.5) is 5.69 Å². The topological polar surface area (TPSA) is 92.7 Å². The molecule has 0 saturated heterocycles. The van der Waals surface area contributed by atoms with E-state index in [9.17, 15) is 14.4 Å². The minimum absolute atomic E-state index is 0.00672. The van der Waals surface area contributed by atoms with Gasteiger partial charge in [-0.3, -0.25) is 9.59 Å². The van der Waals surface area contributed by atoms with E-state index in [0.29, 0.717) is 5.69 Å². The average Bonchev–Trinajstić information content (AvgIpc) is 3.02. The number of esters is 1. The van der Waals surface area contributed by atoms with E-state index in [0.717, 1.165) is 5.56 Å². The molecule has 6 nitrogen and oxygen atoms in total. The molecule has 1 aromatic carbocycles. The van der Waals surface area contributed by atoms with Crippen molar-refractivity contribution in [2.45, 2.75) is 18.8 Å². The molecule has 0 aliphatic carbocycles. The first-order valence-corrected chi connectivity index (χ1v) is 8.16. The van der Waals surface area contributed by atoms with E-state index in [4.69, 9.17) is 5.11 Å². The third kappa shape index (κ3) is 4.66. The number of hydrogen-bond acceptors (Lipinski definition) is 5. The molecule has 0 bridgehead atoms. The Balaban J connectivity index is 2.10. The second-order valence-corrected chi connectivity index (χ2v) is 5.89. The molecule has 0 unspecified atom stereocenters. The maximum absolute atomic E-state index is 12.3. The normalized spacial score (nSPS) is 11.5. The molecule has 24 heavy (non-hydrogen) atoms. The summed E-state index contributed by atoms with van der Waals surface area (Å²) in [5, 5.41) is 15.0. The zero-order chi connectivity index (χ0) is 17.5. The van der Waals surface area contributed by atoms with Gasteiger partial charge in [0, 0.05) is 23.1 Å². The van der Waals surface area contributed by atoms with Gasteiger partial charge in [-0.1, -0.05) is 30.3 Å². The lowest BCUT2D eigenvalue weighted by Gasteiger charge is -2.15. The predicted molar refractivity (Wildman–Crippen MR) is 90.3 cm³/mol. The molecule has 0 radical (unpaired) electrons. The first kappa shape index (κ1) is 17.7. The Morgan fingerprint density at radius 2 is 1.88 bits per heavy atom. The summed E-state index contributed by atoms with van der Waals surface area (Å²) in [5.74, 6) is -2.29. The summed E-state index contributed by atoms with van der Waals surface area (Å²) >= 11 is 1.27. The molecular weight excluding hydrogens is 330 g/mol. The van der Waals surface area contributed by atoms with Gasteiger partial charge in [-0.25, -0.2) is 4.79 Å². The summed E-state index contributed by atoms with van der Waals surface area (Å²) in [4.78, 5) is 35.0. The van der Waals surface area contributed by atoms with E-state index < -0.39 is 17.9 Å². The molecule has 1 amide bonds. The highest BCUT2D eigenvalue weighted by Crippen LogP contribution is 2.26. The Hall–Kier alpha value is -2.67. The molecule has 1 aromatic heterocycles. The molecule has 126 valence electrons. The molecule has 7 heteroatoms. The quantitative estimate of drug-likeness (QED) is 0.751. The van der Waals surface area contributed by atoms with Crippen molar-refractivity contribution >= 4 is 34.9 Å². The van der Waals surface area contributed by atoms with Crippen LogP contribution in [0, 0.1) is 0 Å². The maximum atomic E-state index is 12.3. The van der Waals surface area contributed by atoms with Crippen LogP contribution >= 0.6 is 11.3 Å². The van der Waals surface area contributed by atoms with Crippen LogP contribution in [0.5, 0.6) is 0 Å². The maximum Gasteiger partial charge on any atom is 0.340 e. The molecule has 0 spiro atoms. The van der Waals surface area contributed by atoms with Gasteiger partial charge in [-0.15, -0.1) is 11.3 Å². The van der Waals surface area contributed by atoms with E-state index in [2.05, 4.69) is 10.1 Å². The van der Waals surface area contributed by atoms with Gasteiger partial charge in [0.1, 0.15) is 0 Å². The molecule has 0 fully saturated rings. The van der Waals surface area contributed by atoms with E-state index in [1.807, 2.05) is 6.07 Å². The number of carbonyl (C=O) groups excluding carboxylic acids is 2. The van der Waals surface area contributed by atoms with Crippen LogP contribution in [0.2, 0.25) is 0 Å². The van der Waals surface area contributed by atoms with Gasteiger partial charge < -0.3 is 15.2 Å². The Morgan fingerprint density at radius 1 is 1.17 bits per heavy atom. The van der Waals surface area contributed by atoms with Crippen molar-refractivity contribution in [1.29, 1.82) is 0 Å². The largest absolute Gasteiger partial charge is 0.481 e. The predicted octanol–water partition coefficient (Wildman–Crippen LogP) is 3.12. The van der Waals surface area contributed by atoms with Gasteiger partial charge >= 0.3 is 11.9 Å². The summed E-state index contributed by atoms with van der Waals surface area (Å²) in [6, 6.07) is 9.03. The van der Waals surface area contributed by atoms with Crippen molar-refractivity contribution in [3.8, 4) is 0 Å². The van der Waals surface area contributed by atoms with Crippen LogP contribution < -0.4 is 5.32 Å². The standard InChI is InChI=1S/C17H17NO5S/c1-23-17(22)13-9-24-10-14(13)18-15(19)7-12(8-16(20)21)11-5-3-2-4-6-11/h2-6,9-10,12H,7-8H2,1H3,(H,18,19)(H,20,21)/t12-/m1/s1. The Bertz CT molecular complexity index is 726. The number of thiophene rings is 1. The fraction of sp³-hybridized carbons (Fsp3) is 0.235. The molecule has 1 heterocycles. The molecule has 2 aromatic rings. The summed E-state index contributed by atoms with van der Waals surface area (Å²) in [7, 11) is 1.27. The van der Waals surface area contributed by atoms with Gasteiger partial charge in [0.15, 0.2) is 0 Å². The SMILES string of the molecule is COC(=O)c1cscc1NC(=O)C[C@H](CC(=O)O)c1ccccc1. The fourth-order valence-corrected chi connectivity index (χ4v) is 3.08. The zero-order valence-electron chi connectivity index (χ0n) is 13.0. The molecule has 0 aliphatic rings. The van der Waals surface area contributed by atoms with Crippen molar-refractivity contribution in [2.24, 2.45) is 0 Å². The minimum atomic E-state index is -0.970. The van der Waals surface area contributed by atoms with Crippen molar-refractivity contribution in [3.05, 3.63) is 52.2 Å². The lowest BCUT2D eigenvalue weighted by Crippen LogP contribution is -2.18. The number of carboxylic acids is 1. The second-order valence-electron chi connectivity index (χ2n) is 5.15. The molecule has 2 rings (SSSR count). The molecule has 0 aliphatic heterocycles. The lowest BCUT2D eigenvalue weighted by atomic mass is 9.92. The lowest BCUT2D eigenvalue weighted by molar-refractivity contribution is -0.137. The van der Waals surface area contributed by atoms with E-state index in [1.54, 1.807) is 35.0 Å². The molecule has 0 saturated carbocycles. The highest BCUT2D eigenvalue weighted by molar-refractivity contribution is 7.08. The van der Waals surface area contributed by atoms with E-state index in [-0.39, 0.29) is 24.3 Å². The third-order valence-corrected chi connectivity index (χ3v) is 4.21. The Labute approximate surface area is 143 Å². The molecule has 2 N–H and O–H groups in total. The number of amides is 1. The number of ether oxygens (including phenoxy) is 1.